The molecule has 0 bridgehead atoms. The van der Waals surface area contributed by atoms with Gasteiger partial charge in [0.15, 0.2) is 5.69 Å². The molecule has 0 fully saturated rings. The van der Waals surface area contributed by atoms with Gasteiger partial charge in [-0.3, -0.25) is 9.89 Å². The summed E-state index contributed by atoms with van der Waals surface area (Å²) in [6, 6.07) is 6.68. The maximum Gasteiger partial charge on any atom is 0.291 e. The van der Waals surface area contributed by atoms with Crippen LogP contribution < -0.4 is 5.43 Å². The molecule has 2 N–H and O–H groups in total. The zero-order valence-electron chi connectivity index (χ0n) is 9.95. The lowest BCUT2D eigenvalue weighted by Crippen LogP contribution is -2.18. The number of nitrogens with zero attached hydrogens (tertiary/aromatic N) is 2. The number of rotatable bonds is 3. The molecule has 0 spiro atoms. The number of halogens is 2. The van der Waals surface area contributed by atoms with E-state index in [2.05, 4.69) is 20.7 Å². The van der Waals surface area contributed by atoms with Gasteiger partial charge in [0.25, 0.3) is 5.91 Å². The van der Waals surface area contributed by atoms with Crippen LogP contribution in [0.25, 0.3) is 0 Å². The van der Waals surface area contributed by atoms with Gasteiger partial charge < -0.3 is 0 Å². The molecule has 98 valence electrons. The number of carbonyl (C=O) groups is 1. The molecule has 2 aromatic rings. The Bertz CT molecular complexity index is 636. The topological polar surface area (TPSA) is 70.1 Å². The van der Waals surface area contributed by atoms with Crippen LogP contribution in [0.15, 0.2) is 29.4 Å². The van der Waals surface area contributed by atoms with Crippen molar-refractivity contribution < 1.29 is 4.79 Å². The Labute approximate surface area is 119 Å². The summed E-state index contributed by atoms with van der Waals surface area (Å²) in [6.45, 7) is 1.81. The van der Waals surface area contributed by atoms with Gasteiger partial charge >= 0.3 is 0 Å². The fourth-order valence-corrected chi connectivity index (χ4v) is 1.66. The Kier molecular flexibility index (Phi) is 4.19. The number of aryl methyl sites for hydroxylation is 1. The quantitative estimate of drug-likeness (QED) is 0.675. The summed E-state index contributed by atoms with van der Waals surface area (Å²) in [5.41, 5.74) is 4.18. The van der Waals surface area contributed by atoms with Gasteiger partial charge in [-0.05, 0) is 30.7 Å². The van der Waals surface area contributed by atoms with Crippen molar-refractivity contribution in [2.24, 2.45) is 5.10 Å². The highest BCUT2D eigenvalue weighted by Gasteiger charge is 2.07. The highest BCUT2D eigenvalue weighted by atomic mass is 35.5. The molecule has 0 aliphatic heterocycles. The number of benzene rings is 1. The van der Waals surface area contributed by atoms with Crippen molar-refractivity contribution in [1.82, 2.24) is 15.6 Å². The fraction of sp³-hybridized carbons (Fsp3) is 0.0833. The molecule has 1 aromatic carbocycles. The third-order valence-electron chi connectivity index (χ3n) is 2.26. The first-order chi connectivity index (χ1) is 9.06. The van der Waals surface area contributed by atoms with Crippen molar-refractivity contribution in [3.63, 3.8) is 0 Å². The lowest BCUT2D eigenvalue weighted by Gasteiger charge is -1.97. The van der Waals surface area contributed by atoms with Crippen molar-refractivity contribution in [2.75, 3.05) is 0 Å². The molecule has 0 saturated carbocycles. The van der Waals surface area contributed by atoms with Gasteiger partial charge in [0.05, 0.1) is 16.3 Å². The van der Waals surface area contributed by atoms with Crippen LogP contribution in [0.5, 0.6) is 0 Å². The predicted octanol–water partition coefficient (Wildman–Crippen LogP) is 2.79. The number of aromatic nitrogens is 2. The van der Waals surface area contributed by atoms with Gasteiger partial charge in [-0.25, -0.2) is 5.43 Å². The molecule has 0 radical (unpaired) electrons. The van der Waals surface area contributed by atoms with Crippen LogP contribution in [0.4, 0.5) is 0 Å². The Morgan fingerprint density at radius 1 is 1.37 bits per heavy atom. The zero-order valence-corrected chi connectivity index (χ0v) is 11.5. The summed E-state index contributed by atoms with van der Waals surface area (Å²) in [4.78, 5) is 11.6. The van der Waals surface area contributed by atoms with E-state index in [1.165, 1.54) is 6.21 Å². The SMILES string of the molecule is Cc1cc(C(=O)N/N=C\c2ccc(Cl)c(Cl)c2)n[nH]1. The van der Waals surface area contributed by atoms with E-state index in [1.54, 1.807) is 24.3 Å². The maximum absolute atomic E-state index is 11.6. The third kappa shape index (κ3) is 3.56. The second kappa shape index (κ2) is 5.86. The van der Waals surface area contributed by atoms with Gasteiger partial charge in [0, 0.05) is 5.69 Å². The molecule has 0 unspecified atom stereocenters. The van der Waals surface area contributed by atoms with Crippen molar-refractivity contribution in [3.8, 4) is 0 Å². The van der Waals surface area contributed by atoms with Crippen LogP contribution in [-0.2, 0) is 0 Å². The van der Waals surface area contributed by atoms with E-state index in [0.29, 0.717) is 10.0 Å². The second-order valence-electron chi connectivity index (χ2n) is 3.81. The number of hydrogen-bond donors (Lipinski definition) is 2. The van der Waals surface area contributed by atoms with Crippen molar-refractivity contribution in [1.29, 1.82) is 0 Å². The summed E-state index contributed by atoms with van der Waals surface area (Å²) in [5.74, 6) is -0.388. The van der Waals surface area contributed by atoms with Crippen LogP contribution in [0, 0.1) is 6.92 Å². The van der Waals surface area contributed by atoms with Crippen molar-refractivity contribution >= 4 is 35.3 Å². The Morgan fingerprint density at radius 2 is 2.16 bits per heavy atom. The van der Waals surface area contributed by atoms with Gasteiger partial charge in [-0.2, -0.15) is 10.2 Å². The van der Waals surface area contributed by atoms with E-state index < -0.39 is 0 Å². The van der Waals surface area contributed by atoms with E-state index >= 15 is 0 Å². The summed E-state index contributed by atoms with van der Waals surface area (Å²) in [5, 5.41) is 11.2. The van der Waals surface area contributed by atoms with Crippen LogP contribution in [0.2, 0.25) is 10.0 Å². The minimum atomic E-state index is -0.388. The summed E-state index contributed by atoms with van der Waals surface area (Å²) in [6.07, 6.45) is 1.47. The first-order valence-electron chi connectivity index (χ1n) is 5.37. The largest absolute Gasteiger partial charge is 0.291 e. The molecule has 1 aromatic heterocycles. The smallest absolute Gasteiger partial charge is 0.282 e. The number of hydrogen-bond acceptors (Lipinski definition) is 3. The molecule has 2 rings (SSSR count). The molecular formula is C12H10Cl2N4O. The normalized spacial score (nSPS) is 10.9. The van der Waals surface area contributed by atoms with Gasteiger partial charge in [-0.15, -0.1) is 0 Å². The summed E-state index contributed by atoms with van der Waals surface area (Å²) in [7, 11) is 0. The molecule has 0 saturated heterocycles. The van der Waals surface area contributed by atoms with Crippen molar-refractivity contribution in [3.05, 3.63) is 51.3 Å². The van der Waals surface area contributed by atoms with E-state index in [9.17, 15) is 4.79 Å². The molecule has 1 amide bonds. The first-order valence-corrected chi connectivity index (χ1v) is 6.12. The fourth-order valence-electron chi connectivity index (χ4n) is 1.35. The van der Waals surface area contributed by atoms with Crippen LogP contribution in [0.1, 0.15) is 21.7 Å². The lowest BCUT2D eigenvalue weighted by molar-refractivity contribution is 0.0950. The molecule has 0 aliphatic carbocycles. The molecule has 0 aliphatic rings. The monoisotopic (exact) mass is 296 g/mol. The highest BCUT2D eigenvalue weighted by Crippen LogP contribution is 2.21. The number of nitrogens with one attached hydrogen (secondary N) is 2. The van der Waals surface area contributed by atoms with Crippen LogP contribution >= 0.6 is 23.2 Å². The van der Waals surface area contributed by atoms with Crippen LogP contribution in [-0.4, -0.2) is 22.3 Å². The minimum Gasteiger partial charge on any atom is -0.282 e. The van der Waals surface area contributed by atoms with E-state index in [4.69, 9.17) is 23.2 Å². The standard InChI is InChI=1S/C12H10Cl2N4O/c1-7-4-11(17-16-7)12(19)18-15-6-8-2-3-9(13)10(14)5-8/h2-6H,1H3,(H,16,17)(H,18,19)/b15-6-. The maximum atomic E-state index is 11.6. The van der Waals surface area contributed by atoms with Gasteiger partial charge in [-0.1, -0.05) is 29.3 Å². The molecule has 7 heteroatoms. The van der Waals surface area contributed by atoms with E-state index in [1.807, 2.05) is 6.92 Å². The van der Waals surface area contributed by atoms with Gasteiger partial charge in [0.2, 0.25) is 0 Å². The van der Waals surface area contributed by atoms with E-state index in [0.717, 1.165) is 11.3 Å². The molecule has 1 heterocycles. The number of hydrazone groups is 1. The molecule has 5 nitrogen and oxygen atoms in total. The van der Waals surface area contributed by atoms with Crippen LogP contribution in [0.3, 0.4) is 0 Å². The minimum absolute atomic E-state index is 0.281. The Morgan fingerprint density at radius 3 is 2.79 bits per heavy atom. The predicted molar refractivity (Wildman–Crippen MR) is 74.8 cm³/mol. The first kappa shape index (κ1) is 13.6. The summed E-state index contributed by atoms with van der Waals surface area (Å²) >= 11 is 11.6. The zero-order chi connectivity index (χ0) is 13.8. The molecular weight excluding hydrogens is 287 g/mol. The average molecular weight is 297 g/mol. The number of H-pyrrole nitrogens is 1. The number of amides is 1. The van der Waals surface area contributed by atoms with Crippen molar-refractivity contribution in [2.45, 2.75) is 6.92 Å². The molecule has 0 atom stereocenters. The average Bonchev–Trinajstić information content (AvgIpc) is 2.80. The Balaban J connectivity index is 2.00. The molecule has 19 heavy (non-hydrogen) atoms. The highest BCUT2D eigenvalue weighted by molar-refractivity contribution is 6.42. The number of aromatic amines is 1. The van der Waals surface area contributed by atoms with Gasteiger partial charge in [0.1, 0.15) is 0 Å². The number of carbonyl (C=O) groups excluding carboxylic acids is 1. The lowest BCUT2D eigenvalue weighted by atomic mass is 10.2. The third-order valence-corrected chi connectivity index (χ3v) is 3.00. The van der Waals surface area contributed by atoms with E-state index in [-0.39, 0.29) is 11.6 Å². The Hall–Kier alpha value is -1.85. The summed E-state index contributed by atoms with van der Waals surface area (Å²) < 4.78 is 0. The second-order valence-corrected chi connectivity index (χ2v) is 4.62.